The number of rotatable bonds is 8. The van der Waals surface area contributed by atoms with Crippen LogP contribution in [0.1, 0.15) is 24.1 Å². The molecule has 0 spiro atoms. The third-order valence-electron chi connectivity index (χ3n) is 5.17. The fourth-order valence-corrected chi connectivity index (χ4v) is 4.04. The Bertz CT molecular complexity index is 1140. The SMILES string of the molecule is COC(=O)COc1ccc(C(C)N(C)Sc2ccc(F)cc2)cc1-c1cccc(C(F)(F)F)c1. The molecule has 0 aliphatic heterocycles. The van der Waals surface area contributed by atoms with Crippen LogP contribution in [0.5, 0.6) is 5.75 Å². The minimum Gasteiger partial charge on any atom is -0.481 e. The van der Waals surface area contributed by atoms with Crippen molar-refractivity contribution in [2.75, 3.05) is 20.8 Å². The number of nitrogens with zero attached hydrogens (tertiary/aromatic N) is 1. The van der Waals surface area contributed by atoms with Crippen LogP contribution in [0.2, 0.25) is 0 Å². The highest BCUT2D eigenvalue weighted by molar-refractivity contribution is 7.97. The van der Waals surface area contributed by atoms with Gasteiger partial charge in [-0.3, -0.25) is 0 Å². The summed E-state index contributed by atoms with van der Waals surface area (Å²) >= 11 is 1.41. The number of carbonyl (C=O) groups excluding carboxylic acids is 1. The van der Waals surface area contributed by atoms with E-state index in [0.29, 0.717) is 11.1 Å². The molecule has 3 aromatic carbocycles. The van der Waals surface area contributed by atoms with E-state index < -0.39 is 17.7 Å². The standard InChI is InChI=1S/C25H23F4NO3S/c1-16(30(2)34-21-10-8-20(26)9-11-21)17-7-12-23(33-15-24(31)32-3)22(14-17)18-5-4-6-19(13-18)25(27,28)29/h4-14,16H,15H2,1-3H3. The molecule has 3 aromatic rings. The average molecular weight is 494 g/mol. The highest BCUT2D eigenvalue weighted by Gasteiger charge is 2.30. The highest BCUT2D eigenvalue weighted by atomic mass is 32.2. The van der Waals surface area contributed by atoms with Crippen molar-refractivity contribution in [1.29, 1.82) is 0 Å². The minimum absolute atomic E-state index is 0.158. The van der Waals surface area contributed by atoms with Crippen LogP contribution >= 0.6 is 11.9 Å². The molecule has 0 amide bonds. The maximum Gasteiger partial charge on any atom is 0.416 e. The lowest BCUT2D eigenvalue weighted by Gasteiger charge is -2.25. The lowest BCUT2D eigenvalue weighted by atomic mass is 9.97. The number of alkyl halides is 3. The van der Waals surface area contributed by atoms with Crippen LogP contribution in [0, 0.1) is 5.82 Å². The molecule has 0 saturated carbocycles. The van der Waals surface area contributed by atoms with Crippen LogP contribution in [0.3, 0.4) is 0 Å². The van der Waals surface area contributed by atoms with Crippen LogP contribution in [0.25, 0.3) is 11.1 Å². The Hall–Kier alpha value is -3.04. The molecule has 0 aliphatic rings. The van der Waals surface area contributed by atoms with E-state index in [9.17, 15) is 22.4 Å². The van der Waals surface area contributed by atoms with Crippen LogP contribution in [0.15, 0.2) is 71.6 Å². The lowest BCUT2D eigenvalue weighted by molar-refractivity contribution is -0.143. The topological polar surface area (TPSA) is 38.8 Å². The molecule has 0 aromatic heterocycles. The second-order valence-corrected chi connectivity index (χ2v) is 8.70. The highest BCUT2D eigenvalue weighted by Crippen LogP contribution is 2.38. The minimum atomic E-state index is -4.50. The monoisotopic (exact) mass is 493 g/mol. The molecule has 0 radical (unpaired) electrons. The summed E-state index contributed by atoms with van der Waals surface area (Å²) in [6, 6.07) is 16.0. The molecule has 1 atom stereocenters. The van der Waals surface area contributed by atoms with Gasteiger partial charge in [-0.1, -0.05) is 18.2 Å². The van der Waals surface area contributed by atoms with E-state index in [4.69, 9.17) is 4.74 Å². The molecule has 0 heterocycles. The van der Waals surface area contributed by atoms with E-state index in [0.717, 1.165) is 22.6 Å². The maximum absolute atomic E-state index is 13.3. The first-order chi connectivity index (χ1) is 16.1. The molecule has 3 rings (SSSR count). The quantitative estimate of drug-likeness (QED) is 0.197. The first-order valence-electron chi connectivity index (χ1n) is 10.3. The molecule has 0 bridgehead atoms. The summed E-state index contributed by atoms with van der Waals surface area (Å²) in [6.07, 6.45) is -4.50. The molecule has 4 nitrogen and oxygen atoms in total. The number of hydrogen-bond donors (Lipinski definition) is 0. The van der Waals surface area contributed by atoms with Gasteiger partial charge in [0.15, 0.2) is 6.61 Å². The first-order valence-corrected chi connectivity index (χ1v) is 11.0. The van der Waals surface area contributed by atoms with Crippen molar-refractivity contribution in [1.82, 2.24) is 4.31 Å². The van der Waals surface area contributed by atoms with Gasteiger partial charge in [-0.05, 0) is 85.6 Å². The fourth-order valence-electron chi connectivity index (χ4n) is 3.17. The van der Waals surface area contributed by atoms with Gasteiger partial charge < -0.3 is 9.47 Å². The number of halogens is 4. The summed E-state index contributed by atoms with van der Waals surface area (Å²) in [5.74, 6) is -0.675. The van der Waals surface area contributed by atoms with E-state index in [1.807, 2.05) is 18.3 Å². The predicted octanol–water partition coefficient (Wildman–Crippen LogP) is 6.76. The zero-order valence-corrected chi connectivity index (χ0v) is 19.5. The van der Waals surface area contributed by atoms with Gasteiger partial charge in [0.25, 0.3) is 0 Å². The van der Waals surface area contributed by atoms with Gasteiger partial charge in [-0.2, -0.15) is 13.2 Å². The zero-order chi connectivity index (χ0) is 24.9. The third-order valence-corrected chi connectivity index (χ3v) is 6.26. The van der Waals surface area contributed by atoms with Gasteiger partial charge in [-0.15, -0.1) is 0 Å². The van der Waals surface area contributed by atoms with Crippen molar-refractivity contribution >= 4 is 17.9 Å². The molecule has 180 valence electrons. The predicted molar refractivity (Wildman–Crippen MR) is 123 cm³/mol. The maximum atomic E-state index is 13.3. The lowest BCUT2D eigenvalue weighted by Crippen LogP contribution is -2.15. The number of methoxy groups -OCH3 is 1. The smallest absolute Gasteiger partial charge is 0.416 e. The van der Waals surface area contributed by atoms with Gasteiger partial charge in [-0.25, -0.2) is 13.5 Å². The van der Waals surface area contributed by atoms with Crippen LogP contribution in [0.4, 0.5) is 17.6 Å². The van der Waals surface area contributed by atoms with E-state index in [-0.39, 0.29) is 24.2 Å². The van der Waals surface area contributed by atoms with Crippen LogP contribution in [-0.4, -0.2) is 31.0 Å². The molecule has 0 fully saturated rings. The summed E-state index contributed by atoms with van der Waals surface area (Å²) in [5, 5.41) is 0. The Balaban J connectivity index is 1.95. The molecule has 1 unspecified atom stereocenters. The second kappa shape index (κ2) is 10.9. The van der Waals surface area contributed by atoms with Crippen molar-refractivity contribution in [2.45, 2.75) is 24.0 Å². The average Bonchev–Trinajstić information content (AvgIpc) is 2.82. The van der Waals surface area contributed by atoms with Gasteiger partial charge in [0.2, 0.25) is 0 Å². The van der Waals surface area contributed by atoms with E-state index in [1.54, 1.807) is 36.4 Å². The summed E-state index contributed by atoms with van der Waals surface area (Å²) < 4.78 is 65.2. The molecule has 0 aliphatic carbocycles. The van der Waals surface area contributed by atoms with Gasteiger partial charge in [0.1, 0.15) is 11.6 Å². The third kappa shape index (κ3) is 6.51. The van der Waals surface area contributed by atoms with E-state index in [2.05, 4.69) is 4.74 Å². The molecular weight excluding hydrogens is 470 g/mol. The molecular formula is C25H23F4NO3S. The van der Waals surface area contributed by atoms with E-state index >= 15 is 0 Å². The van der Waals surface area contributed by atoms with Crippen LogP contribution < -0.4 is 4.74 Å². The Morgan fingerprint density at radius 3 is 2.41 bits per heavy atom. The van der Waals surface area contributed by atoms with Crippen molar-refractivity contribution in [2.24, 2.45) is 0 Å². The largest absolute Gasteiger partial charge is 0.481 e. The number of ether oxygens (including phenoxy) is 2. The number of benzene rings is 3. The molecule has 34 heavy (non-hydrogen) atoms. The number of carbonyl (C=O) groups is 1. The second-order valence-electron chi connectivity index (χ2n) is 7.47. The number of esters is 1. The Morgan fingerprint density at radius 2 is 1.76 bits per heavy atom. The van der Waals surface area contributed by atoms with Crippen molar-refractivity contribution in [3.05, 3.63) is 83.7 Å². The Labute approximate surface area is 199 Å². The van der Waals surface area contributed by atoms with Crippen molar-refractivity contribution in [3.63, 3.8) is 0 Å². The molecule has 9 heteroatoms. The Kier molecular flexibility index (Phi) is 8.22. The summed E-state index contributed by atoms with van der Waals surface area (Å²) in [7, 11) is 3.09. The fraction of sp³-hybridized carbons (Fsp3) is 0.240. The van der Waals surface area contributed by atoms with Gasteiger partial charge in [0, 0.05) is 16.5 Å². The summed E-state index contributed by atoms with van der Waals surface area (Å²) in [6.45, 7) is 1.56. The zero-order valence-electron chi connectivity index (χ0n) is 18.7. The Morgan fingerprint density at radius 1 is 1.06 bits per heavy atom. The summed E-state index contributed by atoms with van der Waals surface area (Å²) in [5.41, 5.74) is 0.749. The molecule has 0 N–H and O–H groups in total. The van der Waals surface area contributed by atoms with Crippen LogP contribution in [-0.2, 0) is 15.7 Å². The number of hydrogen-bond acceptors (Lipinski definition) is 5. The normalized spacial score (nSPS) is 12.5. The van der Waals surface area contributed by atoms with Gasteiger partial charge >= 0.3 is 12.1 Å². The van der Waals surface area contributed by atoms with Crippen molar-refractivity contribution in [3.8, 4) is 16.9 Å². The molecule has 0 saturated heterocycles. The van der Waals surface area contributed by atoms with Crippen molar-refractivity contribution < 1.29 is 31.8 Å². The first kappa shape index (κ1) is 25.6. The summed E-state index contributed by atoms with van der Waals surface area (Å²) in [4.78, 5) is 12.4. The van der Waals surface area contributed by atoms with E-state index in [1.165, 1.54) is 37.3 Å². The van der Waals surface area contributed by atoms with Gasteiger partial charge in [0.05, 0.1) is 12.7 Å².